The molecule has 6 heteroatoms. The molecular weight excluding hydrogens is 398 g/mol. The van der Waals surface area contributed by atoms with E-state index >= 15 is 0 Å². The van der Waals surface area contributed by atoms with E-state index in [4.69, 9.17) is 9.15 Å². The van der Waals surface area contributed by atoms with Crippen LogP contribution in [-0.2, 0) is 15.3 Å². The van der Waals surface area contributed by atoms with Crippen molar-refractivity contribution < 1.29 is 18.7 Å². The second kappa shape index (κ2) is 8.24. The zero-order valence-electron chi connectivity index (χ0n) is 17.0. The number of benzene rings is 2. The van der Waals surface area contributed by atoms with Gasteiger partial charge in [0.1, 0.15) is 11.5 Å². The molecule has 4 rings (SSSR count). The number of carbonyl (C=O) groups is 2. The first kappa shape index (κ1) is 20.0. The van der Waals surface area contributed by atoms with Gasteiger partial charge in [-0.25, -0.2) is 4.90 Å². The molecule has 0 N–H and O–H groups in total. The van der Waals surface area contributed by atoms with Crippen LogP contribution in [0.25, 0.3) is 5.57 Å². The minimum absolute atomic E-state index is 0.333. The van der Waals surface area contributed by atoms with E-state index in [1.807, 2.05) is 44.2 Å². The summed E-state index contributed by atoms with van der Waals surface area (Å²) in [7, 11) is 1.55. The lowest BCUT2D eigenvalue weighted by molar-refractivity contribution is -0.119. The van der Waals surface area contributed by atoms with Crippen LogP contribution in [0.5, 0.6) is 5.75 Å². The molecule has 3 aromatic rings. The number of nitrogens with zero attached hydrogens (tertiary/aromatic N) is 1. The summed E-state index contributed by atoms with van der Waals surface area (Å²) in [5.41, 5.74) is 3.64. The molecule has 0 fully saturated rings. The van der Waals surface area contributed by atoms with Gasteiger partial charge in [0, 0.05) is 5.56 Å². The van der Waals surface area contributed by atoms with Crippen molar-refractivity contribution in [2.24, 2.45) is 0 Å². The Hall–Kier alpha value is -3.25. The second-order valence-corrected chi connectivity index (χ2v) is 7.97. The Morgan fingerprint density at radius 3 is 2.47 bits per heavy atom. The van der Waals surface area contributed by atoms with E-state index in [-0.39, 0.29) is 11.8 Å². The number of para-hydroxylation sites is 1. The van der Waals surface area contributed by atoms with Gasteiger partial charge in [-0.2, -0.15) is 0 Å². The molecule has 1 aliphatic heterocycles. The Morgan fingerprint density at radius 1 is 0.967 bits per heavy atom. The molecule has 152 valence electrons. The number of rotatable bonds is 6. The molecule has 2 amide bonds. The molecule has 1 aromatic heterocycles. The lowest BCUT2D eigenvalue weighted by atomic mass is 10.0. The summed E-state index contributed by atoms with van der Waals surface area (Å²) < 4.78 is 10.9. The quantitative estimate of drug-likeness (QED) is 0.519. The van der Waals surface area contributed by atoms with Crippen LogP contribution in [0.4, 0.5) is 5.69 Å². The van der Waals surface area contributed by atoms with E-state index in [1.54, 1.807) is 37.6 Å². The molecule has 0 spiro atoms. The predicted molar refractivity (Wildman–Crippen MR) is 118 cm³/mol. The minimum Gasteiger partial charge on any atom is -0.496 e. The Kier molecular flexibility index (Phi) is 5.50. The first-order chi connectivity index (χ1) is 14.5. The Labute approximate surface area is 179 Å². The lowest BCUT2D eigenvalue weighted by Crippen LogP contribution is -2.31. The van der Waals surface area contributed by atoms with Crippen molar-refractivity contribution in [2.75, 3.05) is 12.0 Å². The smallest absolute Gasteiger partial charge is 0.272 e. The van der Waals surface area contributed by atoms with Gasteiger partial charge in [0.25, 0.3) is 11.8 Å². The van der Waals surface area contributed by atoms with Crippen molar-refractivity contribution in [1.82, 2.24) is 0 Å². The summed E-state index contributed by atoms with van der Waals surface area (Å²) in [5, 5.41) is 0. The molecule has 2 heterocycles. The molecule has 0 saturated heterocycles. The van der Waals surface area contributed by atoms with Gasteiger partial charge in [-0.3, -0.25) is 9.59 Å². The maximum absolute atomic E-state index is 13.5. The normalized spacial score (nSPS) is 14.0. The van der Waals surface area contributed by atoms with Gasteiger partial charge in [0.2, 0.25) is 0 Å². The van der Waals surface area contributed by atoms with E-state index < -0.39 is 0 Å². The van der Waals surface area contributed by atoms with E-state index in [1.165, 1.54) is 16.7 Å². The fraction of sp³-hybridized carbons (Fsp3) is 0.167. The average molecular weight is 420 g/mol. The number of imide groups is 1. The maximum Gasteiger partial charge on any atom is 0.272 e. The van der Waals surface area contributed by atoms with Gasteiger partial charge in [0.05, 0.1) is 35.3 Å². The fourth-order valence-electron chi connectivity index (χ4n) is 3.37. The number of amides is 2. The maximum atomic E-state index is 13.5. The fourth-order valence-corrected chi connectivity index (χ4v) is 4.38. The number of anilines is 1. The highest BCUT2D eigenvalue weighted by Gasteiger charge is 2.41. The topological polar surface area (TPSA) is 59.8 Å². The van der Waals surface area contributed by atoms with Crippen molar-refractivity contribution in [2.45, 2.75) is 19.6 Å². The summed E-state index contributed by atoms with van der Waals surface area (Å²) in [6, 6.07) is 16.5. The van der Waals surface area contributed by atoms with Gasteiger partial charge in [-0.05, 0) is 55.3 Å². The number of hydrogen-bond acceptors (Lipinski definition) is 5. The van der Waals surface area contributed by atoms with Gasteiger partial charge >= 0.3 is 0 Å². The molecule has 2 aromatic carbocycles. The first-order valence-corrected chi connectivity index (χ1v) is 10.5. The van der Waals surface area contributed by atoms with E-state index in [9.17, 15) is 9.59 Å². The zero-order chi connectivity index (χ0) is 21.3. The molecule has 0 bridgehead atoms. The van der Waals surface area contributed by atoms with Crippen LogP contribution in [0.3, 0.4) is 0 Å². The van der Waals surface area contributed by atoms with Crippen LogP contribution >= 0.6 is 11.8 Å². The van der Waals surface area contributed by atoms with Crippen molar-refractivity contribution in [1.29, 1.82) is 0 Å². The van der Waals surface area contributed by atoms with Gasteiger partial charge in [0.15, 0.2) is 0 Å². The monoisotopic (exact) mass is 419 g/mol. The summed E-state index contributed by atoms with van der Waals surface area (Å²) in [5.74, 6) is 1.04. The summed E-state index contributed by atoms with van der Waals surface area (Å²) in [4.78, 5) is 28.6. The van der Waals surface area contributed by atoms with Crippen LogP contribution in [-0.4, -0.2) is 18.9 Å². The molecule has 0 aliphatic carbocycles. The van der Waals surface area contributed by atoms with Crippen molar-refractivity contribution >= 4 is 34.8 Å². The van der Waals surface area contributed by atoms with Crippen LogP contribution in [0, 0.1) is 13.8 Å². The van der Waals surface area contributed by atoms with Crippen LogP contribution in [0.1, 0.15) is 22.5 Å². The van der Waals surface area contributed by atoms with Crippen LogP contribution in [0.15, 0.2) is 70.2 Å². The molecule has 0 atom stereocenters. The average Bonchev–Trinajstić information content (AvgIpc) is 3.35. The summed E-state index contributed by atoms with van der Waals surface area (Å²) in [6.45, 7) is 3.96. The van der Waals surface area contributed by atoms with Crippen LogP contribution < -0.4 is 9.64 Å². The lowest BCUT2D eigenvalue weighted by Gasteiger charge is -2.17. The number of thioether (sulfide) groups is 1. The number of carbonyl (C=O) groups excluding carboxylic acids is 2. The van der Waals surface area contributed by atoms with Crippen molar-refractivity contribution in [3.05, 3.63) is 88.2 Å². The van der Waals surface area contributed by atoms with Crippen LogP contribution in [0.2, 0.25) is 0 Å². The molecule has 0 radical (unpaired) electrons. The number of furan rings is 1. The molecule has 0 unspecified atom stereocenters. The highest BCUT2D eigenvalue weighted by atomic mass is 32.2. The van der Waals surface area contributed by atoms with E-state index in [0.717, 1.165) is 16.9 Å². The summed E-state index contributed by atoms with van der Waals surface area (Å²) in [6.07, 6.45) is 1.59. The molecule has 0 saturated carbocycles. The molecule has 30 heavy (non-hydrogen) atoms. The number of methoxy groups -OCH3 is 1. The zero-order valence-corrected chi connectivity index (χ0v) is 17.8. The minimum atomic E-state index is -0.352. The molecule has 1 aliphatic rings. The Morgan fingerprint density at radius 2 is 1.77 bits per heavy atom. The molecule has 5 nitrogen and oxygen atoms in total. The predicted octanol–water partition coefficient (Wildman–Crippen LogP) is 5.12. The third kappa shape index (κ3) is 3.55. The summed E-state index contributed by atoms with van der Waals surface area (Å²) >= 11 is 1.30. The Bertz CT molecular complexity index is 1150. The Balaban J connectivity index is 1.80. The third-order valence-electron chi connectivity index (χ3n) is 5.11. The van der Waals surface area contributed by atoms with Crippen molar-refractivity contribution in [3.8, 4) is 5.75 Å². The highest BCUT2D eigenvalue weighted by Crippen LogP contribution is 2.42. The highest BCUT2D eigenvalue weighted by molar-refractivity contribution is 8.03. The number of aryl methyl sites for hydroxylation is 2. The molecular formula is C24H21NO4S. The third-order valence-corrected chi connectivity index (χ3v) is 6.20. The van der Waals surface area contributed by atoms with Gasteiger partial charge < -0.3 is 9.15 Å². The largest absolute Gasteiger partial charge is 0.496 e. The van der Waals surface area contributed by atoms with Gasteiger partial charge in [-0.15, -0.1) is 11.8 Å². The number of hydrogen-bond donors (Lipinski definition) is 0. The van der Waals surface area contributed by atoms with E-state index in [0.29, 0.717) is 33.2 Å². The van der Waals surface area contributed by atoms with E-state index in [2.05, 4.69) is 0 Å². The van der Waals surface area contributed by atoms with Gasteiger partial charge in [-0.1, -0.05) is 24.3 Å². The van der Waals surface area contributed by atoms with Crippen molar-refractivity contribution in [3.63, 3.8) is 0 Å². The SMILES string of the molecule is COc1ccccc1C1=C(SCc2ccco2)C(=O)N(c2ccc(C)c(C)c2)C1=O. The first-order valence-electron chi connectivity index (χ1n) is 9.50. The second-order valence-electron chi connectivity index (χ2n) is 6.99. The number of ether oxygens (including phenoxy) is 1. The standard InChI is InChI=1S/C24H21NO4S/c1-15-10-11-17(13-16(15)2)25-23(26)21(19-8-4-5-9-20(19)28-3)22(24(25)27)30-14-18-7-6-12-29-18/h4-13H,14H2,1-3H3.